The number of rotatable bonds is 3. The van der Waals surface area contributed by atoms with Crippen LogP contribution < -0.4 is 10.5 Å². The van der Waals surface area contributed by atoms with Crippen LogP contribution in [0.2, 0.25) is 0 Å². The standard InChI is InChI=1S/C10H11F4NO/c1-6(15)5-7-3-2-4-8(9(7)11)16-10(12,13)14/h2-4,6H,5,15H2,1H3. The van der Waals surface area contributed by atoms with Crippen LogP contribution >= 0.6 is 0 Å². The van der Waals surface area contributed by atoms with Crippen molar-refractivity contribution in [2.75, 3.05) is 0 Å². The molecule has 2 N–H and O–H groups in total. The maximum Gasteiger partial charge on any atom is 0.573 e. The summed E-state index contributed by atoms with van der Waals surface area (Å²) in [6.07, 6.45) is -4.74. The van der Waals surface area contributed by atoms with Crippen LogP contribution in [-0.4, -0.2) is 12.4 Å². The fourth-order valence-corrected chi connectivity index (χ4v) is 1.26. The second-order valence-corrected chi connectivity index (χ2v) is 3.46. The molecule has 1 aromatic rings. The molecule has 0 fully saturated rings. The van der Waals surface area contributed by atoms with Gasteiger partial charge in [0.1, 0.15) is 0 Å². The Labute approximate surface area is 90.0 Å². The van der Waals surface area contributed by atoms with Gasteiger partial charge in [0.2, 0.25) is 0 Å². The van der Waals surface area contributed by atoms with Crippen LogP contribution in [0.1, 0.15) is 12.5 Å². The molecule has 0 spiro atoms. The Kier molecular flexibility index (Phi) is 3.74. The first-order valence-electron chi connectivity index (χ1n) is 4.58. The molecule has 0 aliphatic carbocycles. The molecule has 0 bridgehead atoms. The van der Waals surface area contributed by atoms with E-state index in [4.69, 9.17) is 5.73 Å². The molecule has 1 rings (SSSR count). The van der Waals surface area contributed by atoms with E-state index in [0.29, 0.717) is 0 Å². The first-order chi connectivity index (χ1) is 7.29. The Balaban J connectivity index is 2.95. The molecule has 0 aromatic heterocycles. The molecule has 0 saturated carbocycles. The minimum absolute atomic E-state index is 0.108. The van der Waals surface area contributed by atoms with Gasteiger partial charge in [0.25, 0.3) is 0 Å². The van der Waals surface area contributed by atoms with Crippen LogP contribution in [0.5, 0.6) is 5.75 Å². The summed E-state index contributed by atoms with van der Waals surface area (Å²) in [7, 11) is 0. The second-order valence-electron chi connectivity index (χ2n) is 3.46. The van der Waals surface area contributed by atoms with Gasteiger partial charge in [0, 0.05) is 6.04 Å². The average molecular weight is 237 g/mol. The minimum atomic E-state index is -4.90. The summed E-state index contributed by atoms with van der Waals surface area (Å²) in [4.78, 5) is 0. The molecule has 0 amide bonds. The molecule has 0 heterocycles. The third-order valence-corrected chi connectivity index (χ3v) is 1.81. The van der Waals surface area contributed by atoms with Gasteiger partial charge in [-0.2, -0.15) is 0 Å². The monoisotopic (exact) mass is 237 g/mol. The van der Waals surface area contributed by atoms with Crippen molar-refractivity contribution < 1.29 is 22.3 Å². The van der Waals surface area contributed by atoms with Gasteiger partial charge in [-0.05, 0) is 25.0 Å². The first kappa shape index (κ1) is 12.8. The molecule has 1 aromatic carbocycles. The van der Waals surface area contributed by atoms with Crippen molar-refractivity contribution in [3.05, 3.63) is 29.6 Å². The number of alkyl halides is 3. The molecule has 6 heteroatoms. The molecule has 90 valence electrons. The highest BCUT2D eigenvalue weighted by atomic mass is 19.4. The molecule has 2 nitrogen and oxygen atoms in total. The van der Waals surface area contributed by atoms with E-state index in [1.165, 1.54) is 12.1 Å². The third kappa shape index (κ3) is 3.69. The minimum Gasteiger partial charge on any atom is -0.403 e. The van der Waals surface area contributed by atoms with Crippen LogP contribution in [0.4, 0.5) is 17.6 Å². The summed E-state index contributed by atoms with van der Waals surface area (Å²) < 4.78 is 52.7. The number of hydrogen-bond donors (Lipinski definition) is 1. The van der Waals surface area contributed by atoms with Gasteiger partial charge in [-0.25, -0.2) is 4.39 Å². The molecule has 1 unspecified atom stereocenters. The van der Waals surface area contributed by atoms with Crippen molar-refractivity contribution >= 4 is 0 Å². The normalized spacial score (nSPS) is 13.6. The molecule has 0 aliphatic rings. The van der Waals surface area contributed by atoms with Crippen LogP contribution in [0.15, 0.2) is 18.2 Å². The molecule has 0 aliphatic heterocycles. The summed E-state index contributed by atoms with van der Waals surface area (Å²) in [6, 6.07) is 3.26. The van der Waals surface area contributed by atoms with Gasteiger partial charge in [0.05, 0.1) is 0 Å². The Morgan fingerprint density at radius 2 is 2.00 bits per heavy atom. The van der Waals surface area contributed by atoms with Crippen molar-refractivity contribution in [2.45, 2.75) is 25.7 Å². The zero-order valence-electron chi connectivity index (χ0n) is 8.51. The van der Waals surface area contributed by atoms with E-state index >= 15 is 0 Å². The lowest BCUT2D eigenvalue weighted by molar-refractivity contribution is -0.275. The van der Waals surface area contributed by atoms with Gasteiger partial charge in [-0.3, -0.25) is 0 Å². The van der Waals surface area contributed by atoms with Crippen molar-refractivity contribution in [1.29, 1.82) is 0 Å². The third-order valence-electron chi connectivity index (χ3n) is 1.81. The van der Waals surface area contributed by atoms with E-state index in [2.05, 4.69) is 4.74 Å². The quantitative estimate of drug-likeness (QED) is 0.820. The van der Waals surface area contributed by atoms with Gasteiger partial charge < -0.3 is 10.5 Å². The highest BCUT2D eigenvalue weighted by Gasteiger charge is 2.32. The van der Waals surface area contributed by atoms with Crippen LogP contribution in [0.25, 0.3) is 0 Å². The fraction of sp³-hybridized carbons (Fsp3) is 0.400. The van der Waals surface area contributed by atoms with Crippen molar-refractivity contribution in [3.8, 4) is 5.75 Å². The van der Waals surface area contributed by atoms with E-state index in [-0.39, 0.29) is 18.0 Å². The number of hydrogen-bond acceptors (Lipinski definition) is 2. The highest BCUT2D eigenvalue weighted by molar-refractivity contribution is 5.31. The molecule has 1 atom stereocenters. The van der Waals surface area contributed by atoms with E-state index < -0.39 is 17.9 Å². The van der Waals surface area contributed by atoms with Gasteiger partial charge in [-0.1, -0.05) is 12.1 Å². The Bertz CT molecular complexity index is 362. The molecular weight excluding hydrogens is 226 g/mol. The van der Waals surface area contributed by atoms with Crippen molar-refractivity contribution in [3.63, 3.8) is 0 Å². The fourth-order valence-electron chi connectivity index (χ4n) is 1.26. The number of benzene rings is 1. The number of nitrogens with two attached hydrogens (primary N) is 1. The van der Waals surface area contributed by atoms with E-state index in [9.17, 15) is 17.6 Å². The summed E-state index contributed by atoms with van der Waals surface area (Å²) >= 11 is 0. The Morgan fingerprint density at radius 1 is 1.38 bits per heavy atom. The summed E-state index contributed by atoms with van der Waals surface area (Å²) in [5.41, 5.74) is 5.55. The highest BCUT2D eigenvalue weighted by Crippen LogP contribution is 2.27. The van der Waals surface area contributed by atoms with Gasteiger partial charge >= 0.3 is 6.36 Å². The van der Waals surface area contributed by atoms with Gasteiger partial charge in [0.15, 0.2) is 11.6 Å². The molecule has 0 radical (unpaired) electrons. The summed E-state index contributed by atoms with van der Waals surface area (Å²) in [6.45, 7) is 1.64. The van der Waals surface area contributed by atoms with Crippen molar-refractivity contribution in [2.24, 2.45) is 5.73 Å². The maximum atomic E-state index is 13.5. The predicted molar refractivity (Wildman–Crippen MR) is 50.4 cm³/mol. The molecule has 16 heavy (non-hydrogen) atoms. The second kappa shape index (κ2) is 4.69. The number of ether oxygens (including phenoxy) is 1. The van der Waals surface area contributed by atoms with E-state index in [1.807, 2.05) is 0 Å². The average Bonchev–Trinajstić information content (AvgIpc) is 2.09. The lowest BCUT2D eigenvalue weighted by atomic mass is 10.1. The SMILES string of the molecule is CC(N)Cc1cccc(OC(F)(F)F)c1F. The lowest BCUT2D eigenvalue weighted by Crippen LogP contribution is -2.20. The summed E-state index contributed by atoms with van der Waals surface area (Å²) in [5.74, 6) is -1.84. The zero-order chi connectivity index (χ0) is 12.3. The first-order valence-corrected chi connectivity index (χ1v) is 4.58. The van der Waals surface area contributed by atoms with Crippen LogP contribution in [0, 0.1) is 5.82 Å². The zero-order valence-corrected chi connectivity index (χ0v) is 8.51. The smallest absolute Gasteiger partial charge is 0.403 e. The van der Waals surface area contributed by atoms with Crippen molar-refractivity contribution in [1.82, 2.24) is 0 Å². The summed E-state index contributed by atoms with van der Waals surface area (Å²) in [5, 5.41) is 0. The van der Waals surface area contributed by atoms with E-state index in [0.717, 1.165) is 6.07 Å². The lowest BCUT2D eigenvalue weighted by Gasteiger charge is -2.12. The maximum absolute atomic E-state index is 13.5. The van der Waals surface area contributed by atoms with Gasteiger partial charge in [-0.15, -0.1) is 13.2 Å². The van der Waals surface area contributed by atoms with E-state index in [1.54, 1.807) is 6.92 Å². The number of halogens is 4. The molecular formula is C10H11F4NO. The predicted octanol–water partition coefficient (Wildman–Crippen LogP) is 2.61. The van der Waals surface area contributed by atoms with Crippen LogP contribution in [-0.2, 0) is 6.42 Å². The van der Waals surface area contributed by atoms with Crippen LogP contribution in [0.3, 0.4) is 0 Å². The molecule has 0 saturated heterocycles. The topological polar surface area (TPSA) is 35.2 Å². The largest absolute Gasteiger partial charge is 0.573 e. The Morgan fingerprint density at radius 3 is 2.50 bits per heavy atom. The Hall–Kier alpha value is -1.30.